The van der Waals surface area contributed by atoms with Crippen LogP contribution in [0.5, 0.6) is 5.75 Å². The van der Waals surface area contributed by atoms with Crippen LogP contribution in [-0.2, 0) is 6.54 Å². The summed E-state index contributed by atoms with van der Waals surface area (Å²) in [4.78, 5) is 14.3. The van der Waals surface area contributed by atoms with Gasteiger partial charge in [0.1, 0.15) is 17.1 Å². The molecule has 0 fully saturated rings. The average Bonchev–Trinajstić information content (AvgIpc) is 3.19. The lowest BCUT2D eigenvalue weighted by Crippen LogP contribution is -2.15. The summed E-state index contributed by atoms with van der Waals surface area (Å²) in [6, 6.07) is 17.7. The number of aryl methyl sites for hydroxylation is 1. The smallest absolute Gasteiger partial charge is 0.274 e. The summed E-state index contributed by atoms with van der Waals surface area (Å²) < 4.78 is 7.37. The maximum atomic E-state index is 11.7. The number of benzene rings is 2. The minimum atomic E-state index is -0.321. The lowest BCUT2D eigenvalue weighted by Gasteiger charge is -2.06. The second kappa shape index (κ2) is 9.04. The third kappa shape index (κ3) is 4.67. The molecule has 31 heavy (non-hydrogen) atoms. The summed E-state index contributed by atoms with van der Waals surface area (Å²) in [5, 5.41) is 16.6. The van der Waals surface area contributed by atoms with Gasteiger partial charge in [0.05, 0.1) is 19.9 Å². The first-order valence-electron chi connectivity index (χ1n) is 9.61. The number of ether oxygens (including phenoxy) is 1. The summed E-state index contributed by atoms with van der Waals surface area (Å²) in [5.74, 6) is 0.867. The fourth-order valence-electron chi connectivity index (χ4n) is 3.04. The molecule has 0 saturated heterocycles. The number of aromatic nitrogens is 5. The van der Waals surface area contributed by atoms with Gasteiger partial charge in [0.15, 0.2) is 0 Å². The molecule has 0 spiro atoms. The van der Waals surface area contributed by atoms with Gasteiger partial charge >= 0.3 is 0 Å². The molecule has 2 aromatic heterocycles. The van der Waals surface area contributed by atoms with E-state index in [1.807, 2.05) is 65.5 Å². The van der Waals surface area contributed by atoms with E-state index in [4.69, 9.17) is 9.84 Å². The van der Waals surface area contributed by atoms with E-state index in [-0.39, 0.29) is 17.2 Å². The molecule has 0 saturated carbocycles. The number of H-pyrrole nitrogens is 1. The highest BCUT2D eigenvalue weighted by Gasteiger charge is 2.14. The van der Waals surface area contributed by atoms with Crippen molar-refractivity contribution in [3.8, 4) is 17.0 Å². The van der Waals surface area contributed by atoms with Crippen LogP contribution in [0.1, 0.15) is 16.8 Å². The molecule has 2 N–H and O–H groups in total. The second-order valence-electron chi connectivity index (χ2n) is 6.77. The Kier molecular flexibility index (Phi) is 5.84. The van der Waals surface area contributed by atoms with Crippen LogP contribution in [0.4, 0.5) is 5.95 Å². The van der Waals surface area contributed by atoms with Crippen molar-refractivity contribution in [2.75, 3.05) is 12.5 Å². The van der Waals surface area contributed by atoms with Gasteiger partial charge in [-0.05, 0) is 24.6 Å². The average molecular weight is 415 g/mol. The quantitative estimate of drug-likeness (QED) is 0.355. The summed E-state index contributed by atoms with van der Waals surface area (Å²) in [7, 11) is 1.63. The number of para-hydroxylation sites is 1. The molecular weight excluding hydrogens is 394 g/mol. The third-order valence-corrected chi connectivity index (χ3v) is 4.57. The van der Waals surface area contributed by atoms with Gasteiger partial charge in [-0.2, -0.15) is 10.2 Å². The number of methoxy groups -OCH3 is 1. The van der Waals surface area contributed by atoms with E-state index in [1.54, 1.807) is 20.2 Å². The van der Waals surface area contributed by atoms with Crippen LogP contribution in [0, 0.1) is 6.92 Å². The summed E-state index contributed by atoms with van der Waals surface area (Å²) in [6.45, 7) is 2.19. The van der Waals surface area contributed by atoms with Gasteiger partial charge in [-0.3, -0.25) is 14.5 Å². The van der Waals surface area contributed by atoms with Crippen molar-refractivity contribution in [1.29, 1.82) is 0 Å². The van der Waals surface area contributed by atoms with Crippen molar-refractivity contribution in [3.05, 3.63) is 88.0 Å². The number of hydrazone groups is 1. The van der Waals surface area contributed by atoms with Crippen LogP contribution in [0.3, 0.4) is 0 Å². The monoisotopic (exact) mass is 415 g/mol. The molecule has 0 aliphatic carbocycles. The zero-order valence-electron chi connectivity index (χ0n) is 17.1. The van der Waals surface area contributed by atoms with Crippen molar-refractivity contribution in [2.24, 2.45) is 5.10 Å². The maximum Gasteiger partial charge on any atom is 0.274 e. The zero-order chi connectivity index (χ0) is 21.6. The molecule has 4 rings (SSSR count). The fraction of sp³-hybridized carbons (Fsp3) is 0.136. The molecule has 0 aliphatic heterocycles. The molecule has 9 nitrogen and oxygen atoms in total. The van der Waals surface area contributed by atoms with Crippen LogP contribution >= 0.6 is 0 Å². The van der Waals surface area contributed by atoms with Crippen molar-refractivity contribution < 1.29 is 4.74 Å². The summed E-state index contributed by atoms with van der Waals surface area (Å²) in [6.07, 6.45) is 3.53. The van der Waals surface area contributed by atoms with Crippen LogP contribution in [0.25, 0.3) is 11.3 Å². The molecular formula is C22H21N7O2. The Balaban J connectivity index is 1.67. The van der Waals surface area contributed by atoms with Gasteiger partial charge in [0.2, 0.25) is 5.95 Å². The Hall–Kier alpha value is -4.27. The first-order chi connectivity index (χ1) is 15.1. The number of hydrogen-bond donors (Lipinski definition) is 2. The summed E-state index contributed by atoms with van der Waals surface area (Å²) >= 11 is 0. The van der Waals surface area contributed by atoms with Gasteiger partial charge in [-0.1, -0.05) is 42.5 Å². The van der Waals surface area contributed by atoms with Gasteiger partial charge in [0.25, 0.3) is 5.56 Å². The van der Waals surface area contributed by atoms with Crippen LogP contribution in [-0.4, -0.2) is 38.3 Å². The Labute approximate surface area is 178 Å². The van der Waals surface area contributed by atoms with Crippen LogP contribution in [0.15, 0.2) is 70.7 Å². The number of nitrogens with one attached hydrogen (secondary N) is 2. The number of aromatic amines is 1. The minimum absolute atomic E-state index is 0.155. The first kappa shape index (κ1) is 20.0. The molecule has 156 valence electrons. The number of nitrogens with zero attached hydrogens (tertiary/aromatic N) is 5. The Bertz CT molecular complexity index is 1260. The Morgan fingerprint density at radius 1 is 1.13 bits per heavy atom. The molecule has 4 aromatic rings. The molecule has 0 atom stereocenters. The van der Waals surface area contributed by atoms with E-state index in [0.29, 0.717) is 12.3 Å². The molecule has 0 amide bonds. The number of hydrogen-bond acceptors (Lipinski definition) is 7. The van der Waals surface area contributed by atoms with Crippen LogP contribution < -0.4 is 15.7 Å². The number of rotatable bonds is 7. The highest BCUT2D eigenvalue weighted by molar-refractivity contribution is 5.90. The highest BCUT2D eigenvalue weighted by Crippen LogP contribution is 2.30. The molecule has 0 bridgehead atoms. The predicted octanol–water partition coefficient (Wildman–Crippen LogP) is 2.84. The lowest BCUT2D eigenvalue weighted by atomic mass is 10.1. The maximum absolute atomic E-state index is 11.7. The van der Waals surface area contributed by atoms with Crippen molar-refractivity contribution in [2.45, 2.75) is 13.5 Å². The number of anilines is 1. The lowest BCUT2D eigenvalue weighted by molar-refractivity contribution is 0.416. The second-order valence-corrected chi connectivity index (χ2v) is 6.77. The normalized spacial score (nSPS) is 11.0. The van der Waals surface area contributed by atoms with E-state index in [9.17, 15) is 4.79 Å². The largest absolute Gasteiger partial charge is 0.496 e. The zero-order valence-corrected chi connectivity index (χ0v) is 17.1. The Morgan fingerprint density at radius 2 is 1.90 bits per heavy atom. The van der Waals surface area contributed by atoms with Gasteiger partial charge in [-0.15, -0.1) is 10.2 Å². The van der Waals surface area contributed by atoms with Crippen molar-refractivity contribution >= 4 is 12.2 Å². The van der Waals surface area contributed by atoms with E-state index in [2.05, 4.69) is 25.7 Å². The Morgan fingerprint density at radius 3 is 2.68 bits per heavy atom. The van der Waals surface area contributed by atoms with E-state index in [0.717, 1.165) is 22.4 Å². The first-order valence-corrected chi connectivity index (χ1v) is 9.61. The standard InChI is InChI=1S/C22H21N7O2/c1-15-21(30)24-22(27-25-15)26-23-12-17-14-29(13-16-8-4-3-5-9-16)28-20(17)18-10-6-7-11-19(18)31-2/h3-12,14H,13H2,1-2H3,(H2,24,26,27,30)/b23-12-. The fourth-order valence-corrected chi connectivity index (χ4v) is 3.04. The molecule has 0 unspecified atom stereocenters. The topological polar surface area (TPSA) is 110 Å². The predicted molar refractivity (Wildman–Crippen MR) is 118 cm³/mol. The third-order valence-electron chi connectivity index (χ3n) is 4.57. The highest BCUT2D eigenvalue weighted by atomic mass is 16.5. The van der Waals surface area contributed by atoms with Crippen molar-refractivity contribution in [3.63, 3.8) is 0 Å². The SMILES string of the molecule is COc1ccccc1-c1nn(Cc2ccccc2)cc1/C=N\Nc1nnc(C)c(=O)[nH]1. The van der Waals surface area contributed by atoms with Gasteiger partial charge in [-0.25, -0.2) is 5.43 Å². The minimum Gasteiger partial charge on any atom is -0.496 e. The summed E-state index contributed by atoms with van der Waals surface area (Å²) in [5.41, 5.74) is 6.14. The molecule has 0 radical (unpaired) electrons. The molecule has 0 aliphatic rings. The van der Waals surface area contributed by atoms with E-state index >= 15 is 0 Å². The molecule has 9 heteroatoms. The van der Waals surface area contributed by atoms with E-state index in [1.165, 1.54) is 0 Å². The van der Waals surface area contributed by atoms with E-state index < -0.39 is 0 Å². The van der Waals surface area contributed by atoms with Crippen LogP contribution in [0.2, 0.25) is 0 Å². The van der Waals surface area contributed by atoms with Crippen molar-refractivity contribution in [1.82, 2.24) is 25.0 Å². The van der Waals surface area contributed by atoms with Gasteiger partial charge in [0, 0.05) is 17.3 Å². The molecule has 2 heterocycles. The van der Waals surface area contributed by atoms with Gasteiger partial charge < -0.3 is 4.74 Å². The molecule has 2 aromatic carbocycles.